The summed E-state index contributed by atoms with van der Waals surface area (Å²) in [6.45, 7) is 0.740. The summed E-state index contributed by atoms with van der Waals surface area (Å²) in [7, 11) is 0. The first-order chi connectivity index (χ1) is 14.7. The van der Waals surface area contributed by atoms with Crippen LogP contribution in [0.5, 0.6) is 0 Å². The van der Waals surface area contributed by atoms with Crippen molar-refractivity contribution in [3.63, 3.8) is 0 Å². The van der Waals surface area contributed by atoms with Gasteiger partial charge in [0.15, 0.2) is 0 Å². The highest BCUT2D eigenvalue weighted by Crippen LogP contribution is 2.46. The maximum absolute atomic E-state index is 11.8. The fourth-order valence-corrected chi connectivity index (χ4v) is 5.99. The highest BCUT2D eigenvalue weighted by atomic mass is 32.1. The summed E-state index contributed by atoms with van der Waals surface area (Å²) >= 11 is 1.45. The SMILES string of the molecule is O=C(O)c1cc2c(s1)c(C1CCCCC1)c(-c1ccccc1)n2Cc1ccccc1. The Morgan fingerprint density at radius 1 is 0.967 bits per heavy atom. The van der Waals surface area contributed by atoms with Gasteiger partial charge in [0.1, 0.15) is 4.88 Å². The van der Waals surface area contributed by atoms with Gasteiger partial charge in [0.05, 0.1) is 15.9 Å². The van der Waals surface area contributed by atoms with Gasteiger partial charge in [0, 0.05) is 6.54 Å². The van der Waals surface area contributed by atoms with Gasteiger partial charge in [-0.15, -0.1) is 11.3 Å². The van der Waals surface area contributed by atoms with E-state index in [0.29, 0.717) is 10.8 Å². The third kappa shape index (κ3) is 3.46. The number of carboxylic acids is 1. The smallest absolute Gasteiger partial charge is 0.345 e. The van der Waals surface area contributed by atoms with Crippen LogP contribution in [0, 0.1) is 0 Å². The van der Waals surface area contributed by atoms with Crippen LogP contribution in [0.4, 0.5) is 0 Å². The minimum Gasteiger partial charge on any atom is -0.477 e. The van der Waals surface area contributed by atoms with Crippen molar-refractivity contribution in [1.29, 1.82) is 0 Å². The van der Waals surface area contributed by atoms with Crippen LogP contribution in [-0.2, 0) is 6.54 Å². The molecule has 1 aliphatic carbocycles. The molecular formula is C26H25NO2S. The third-order valence-corrected chi connectivity index (χ3v) is 7.37. The number of aromatic nitrogens is 1. The molecule has 3 nitrogen and oxygen atoms in total. The summed E-state index contributed by atoms with van der Waals surface area (Å²) in [5.74, 6) is -0.341. The molecule has 1 saturated carbocycles. The van der Waals surface area contributed by atoms with Crippen LogP contribution < -0.4 is 0 Å². The molecule has 0 amide bonds. The summed E-state index contributed by atoms with van der Waals surface area (Å²) in [5.41, 5.74) is 6.13. The fraction of sp³-hybridized carbons (Fsp3) is 0.269. The highest BCUT2D eigenvalue weighted by molar-refractivity contribution is 7.21. The van der Waals surface area contributed by atoms with Gasteiger partial charge < -0.3 is 9.67 Å². The van der Waals surface area contributed by atoms with Crippen molar-refractivity contribution >= 4 is 27.5 Å². The van der Waals surface area contributed by atoms with E-state index in [1.54, 1.807) is 0 Å². The third-order valence-electron chi connectivity index (χ3n) is 6.23. The molecule has 4 aromatic rings. The van der Waals surface area contributed by atoms with Crippen LogP contribution >= 0.6 is 11.3 Å². The first-order valence-electron chi connectivity index (χ1n) is 10.7. The maximum Gasteiger partial charge on any atom is 0.345 e. The lowest BCUT2D eigenvalue weighted by Crippen LogP contribution is -2.08. The van der Waals surface area contributed by atoms with Crippen molar-refractivity contribution in [2.75, 3.05) is 0 Å². The monoisotopic (exact) mass is 415 g/mol. The summed E-state index contributed by atoms with van der Waals surface area (Å²) in [6.07, 6.45) is 6.17. The number of carboxylic acid groups (broad SMARTS) is 1. The Hall–Kier alpha value is -2.85. The number of benzene rings is 2. The summed E-state index contributed by atoms with van der Waals surface area (Å²) in [5, 5.41) is 9.67. The van der Waals surface area contributed by atoms with E-state index in [9.17, 15) is 9.90 Å². The van der Waals surface area contributed by atoms with E-state index in [-0.39, 0.29) is 0 Å². The van der Waals surface area contributed by atoms with E-state index in [0.717, 1.165) is 16.8 Å². The molecule has 2 aromatic carbocycles. The Morgan fingerprint density at radius 3 is 2.30 bits per heavy atom. The molecule has 0 spiro atoms. The van der Waals surface area contributed by atoms with Crippen LogP contribution in [0.25, 0.3) is 21.5 Å². The quantitative estimate of drug-likeness (QED) is 0.375. The van der Waals surface area contributed by atoms with Gasteiger partial charge in [-0.3, -0.25) is 0 Å². The zero-order valence-corrected chi connectivity index (χ0v) is 17.7. The number of hydrogen-bond acceptors (Lipinski definition) is 2. The predicted octanol–water partition coefficient (Wildman–Crippen LogP) is 7.16. The zero-order valence-electron chi connectivity index (χ0n) is 16.9. The van der Waals surface area contributed by atoms with Crippen LogP contribution in [0.15, 0.2) is 66.7 Å². The zero-order chi connectivity index (χ0) is 20.5. The summed E-state index contributed by atoms with van der Waals surface area (Å²) in [6, 6.07) is 22.9. The van der Waals surface area contributed by atoms with Crippen molar-refractivity contribution in [3.8, 4) is 11.3 Å². The number of aromatic carboxylic acids is 1. The van der Waals surface area contributed by atoms with Crippen molar-refractivity contribution in [2.45, 2.75) is 44.6 Å². The molecule has 1 N–H and O–H groups in total. The van der Waals surface area contributed by atoms with Gasteiger partial charge in [-0.25, -0.2) is 4.79 Å². The second-order valence-corrected chi connectivity index (χ2v) is 9.22. The standard InChI is InChI=1S/C26H25NO2S/c28-26(29)22-16-21-25(30-22)23(19-12-6-2-7-13-19)24(20-14-8-3-9-15-20)27(21)17-18-10-4-1-5-11-18/h1,3-5,8-11,14-16,19H,2,6-7,12-13,17H2,(H,28,29). The number of carbonyl (C=O) groups is 1. The summed E-state index contributed by atoms with van der Waals surface area (Å²) in [4.78, 5) is 12.2. The molecule has 0 radical (unpaired) electrons. The second-order valence-electron chi connectivity index (χ2n) is 8.17. The second kappa shape index (κ2) is 8.11. The van der Waals surface area contributed by atoms with Crippen LogP contribution in [0.3, 0.4) is 0 Å². The first kappa shape index (κ1) is 19.1. The summed E-state index contributed by atoms with van der Waals surface area (Å²) < 4.78 is 3.52. The van der Waals surface area contributed by atoms with Gasteiger partial charge >= 0.3 is 5.97 Å². The first-order valence-corrected chi connectivity index (χ1v) is 11.5. The van der Waals surface area contributed by atoms with Gasteiger partial charge in [0.2, 0.25) is 0 Å². The lowest BCUT2D eigenvalue weighted by Gasteiger charge is -2.23. The van der Waals surface area contributed by atoms with Crippen molar-refractivity contribution in [3.05, 3.63) is 82.7 Å². The van der Waals surface area contributed by atoms with Gasteiger partial charge in [-0.05, 0) is 41.5 Å². The Labute approximate surface area is 180 Å². The normalized spacial score (nSPS) is 14.9. The molecular weight excluding hydrogens is 390 g/mol. The molecule has 0 saturated heterocycles. The predicted molar refractivity (Wildman–Crippen MR) is 124 cm³/mol. The van der Waals surface area contributed by atoms with Gasteiger partial charge in [0.25, 0.3) is 0 Å². The van der Waals surface area contributed by atoms with E-state index < -0.39 is 5.97 Å². The number of fused-ring (bicyclic) bond motifs is 1. The largest absolute Gasteiger partial charge is 0.477 e. The number of hydrogen-bond donors (Lipinski definition) is 1. The van der Waals surface area contributed by atoms with Gasteiger partial charge in [-0.1, -0.05) is 79.9 Å². The topological polar surface area (TPSA) is 42.2 Å². The molecule has 2 aromatic heterocycles. The minimum absolute atomic E-state index is 0.429. The van der Waals surface area contributed by atoms with E-state index in [4.69, 9.17) is 0 Å². The Bertz CT molecular complexity index is 1170. The van der Waals surface area contributed by atoms with E-state index in [1.165, 1.54) is 65.8 Å². The Balaban J connectivity index is 1.78. The van der Waals surface area contributed by atoms with E-state index in [2.05, 4.69) is 59.2 Å². The lowest BCUT2D eigenvalue weighted by molar-refractivity contribution is 0.0702. The van der Waals surface area contributed by atoms with Crippen LogP contribution in [0.1, 0.15) is 58.8 Å². The molecule has 30 heavy (non-hydrogen) atoms. The molecule has 0 atom stereocenters. The molecule has 1 aliphatic rings. The van der Waals surface area contributed by atoms with Crippen molar-refractivity contribution in [2.24, 2.45) is 0 Å². The number of nitrogens with zero attached hydrogens (tertiary/aromatic N) is 1. The minimum atomic E-state index is -0.835. The molecule has 152 valence electrons. The van der Waals surface area contributed by atoms with Crippen molar-refractivity contribution in [1.82, 2.24) is 4.57 Å². The number of rotatable bonds is 5. The lowest BCUT2D eigenvalue weighted by atomic mass is 9.83. The molecule has 5 rings (SSSR count). The molecule has 0 bridgehead atoms. The average Bonchev–Trinajstić information content (AvgIpc) is 3.34. The average molecular weight is 416 g/mol. The fourth-order valence-electron chi connectivity index (χ4n) is 4.86. The maximum atomic E-state index is 11.8. The van der Waals surface area contributed by atoms with E-state index >= 15 is 0 Å². The number of thiophene rings is 1. The Kier molecular flexibility index (Phi) is 5.17. The molecule has 4 heteroatoms. The Morgan fingerprint density at radius 2 is 1.63 bits per heavy atom. The highest BCUT2D eigenvalue weighted by Gasteiger charge is 2.28. The van der Waals surface area contributed by atoms with Crippen LogP contribution in [0.2, 0.25) is 0 Å². The van der Waals surface area contributed by atoms with Crippen molar-refractivity contribution < 1.29 is 9.90 Å². The van der Waals surface area contributed by atoms with Crippen LogP contribution in [-0.4, -0.2) is 15.6 Å². The molecule has 0 aliphatic heterocycles. The molecule has 0 unspecified atom stereocenters. The molecule has 1 fully saturated rings. The molecule has 2 heterocycles. The van der Waals surface area contributed by atoms with E-state index in [1.807, 2.05) is 12.1 Å². The van der Waals surface area contributed by atoms with Gasteiger partial charge in [-0.2, -0.15) is 0 Å².